The largest absolute Gasteiger partial charge is 0.344 e. The van der Waals surface area contributed by atoms with Crippen LogP contribution in [0.4, 0.5) is 11.4 Å². The minimum Gasteiger partial charge on any atom is -0.344 e. The maximum atomic E-state index is 11.8. The summed E-state index contributed by atoms with van der Waals surface area (Å²) in [5, 5.41) is 15.6. The Balaban J connectivity index is 1.96. The van der Waals surface area contributed by atoms with Gasteiger partial charge in [0.25, 0.3) is 5.69 Å². The van der Waals surface area contributed by atoms with E-state index in [1.165, 1.54) is 18.2 Å². The summed E-state index contributed by atoms with van der Waals surface area (Å²) >= 11 is 0. The molecule has 8 heteroatoms. The molecular weight excluding hydrogens is 300 g/mol. The number of nitrogens with one attached hydrogen (secondary N) is 2. The van der Waals surface area contributed by atoms with E-state index in [9.17, 15) is 19.7 Å². The van der Waals surface area contributed by atoms with Gasteiger partial charge in [0, 0.05) is 36.8 Å². The Morgan fingerprint density at radius 2 is 1.87 bits per heavy atom. The molecule has 1 aromatic carbocycles. The fourth-order valence-corrected chi connectivity index (χ4v) is 1.84. The highest BCUT2D eigenvalue weighted by Crippen LogP contribution is 2.20. The van der Waals surface area contributed by atoms with Crippen LogP contribution in [-0.4, -0.2) is 21.7 Å². The van der Waals surface area contributed by atoms with Crippen molar-refractivity contribution in [2.45, 2.75) is 13.5 Å². The number of aryl methyl sites for hydroxylation is 1. The zero-order valence-corrected chi connectivity index (χ0v) is 12.3. The topological polar surface area (TPSA) is 114 Å². The van der Waals surface area contributed by atoms with Crippen molar-refractivity contribution in [1.29, 1.82) is 0 Å². The number of anilines is 1. The number of nitro groups is 1. The Hall–Kier alpha value is -3.29. The smallest absolute Gasteiger partial charge is 0.313 e. The van der Waals surface area contributed by atoms with Crippen molar-refractivity contribution in [3.05, 3.63) is 64.0 Å². The second kappa shape index (κ2) is 7.12. The predicted octanol–water partition coefficient (Wildman–Crippen LogP) is 1.55. The van der Waals surface area contributed by atoms with Gasteiger partial charge >= 0.3 is 11.8 Å². The number of nitrogens with zero attached hydrogens (tertiary/aromatic N) is 2. The molecule has 2 rings (SSSR count). The van der Waals surface area contributed by atoms with Crippen LogP contribution in [0.25, 0.3) is 0 Å². The lowest BCUT2D eigenvalue weighted by atomic mass is 10.2. The summed E-state index contributed by atoms with van der Waals surface area (Å²) in [6.07, 6.45) is 3.17. The first-order chi connectivity index (χ1) is 11.0. The second-order valence-corrected chi connectivity index (χ2v) is 4.75. The third kappa shape index (κ3) is 4.34. The number of hydrogen-bond donors (Lipinski definition) is 2. The molecule has 0 aliphatic carbocycles. The average molecular weight is 314 g/mol. The third-order valence-electron chi connectivity index (χ3n) is 3.08. The van der Waals surface area contributed by atoms with Crippen LogP contribution in [0.15, 0.2) is 42.7 Å². The number of non-ortho nitro benzene ring substituents is 1. The van der Waals surface area contributed by atoms with Gasteiger partial charge in [0.1, 0.15) is 0 Å². The van der Waals surface area contributed by atoms with Gasteiger partial charge in [0.15, 0.2) is 0 Å². The first-order valence-electron chi connectivity index (χ1n) is 6.70. The number of benzene rings is 1. The fraction of sp³-hybridized carbons (Fsp3) is 0.133. The Morgan fingerprint density at radius 3 is 2.48 bits per heavy atom. The zero-order valence-electron chi connectivity index (χ0n) is 12.3. The van der Waals surface area contributed by atoms with E-state index in [0.29, 0.717) is 11.3 Å². The van der Waals surface area contributed by atoms with Crippen molar-refractivity contribution < 1.29 is 14.5 Å². The molecule has 2 N–H and O–H groups in total. The number of rotatable bonds is 4. The monoisotopic (exact) mass is 314 g/mol. The lowest BCUT2D eigenvalue weighted by molar-refractivity contribution is -0.384. The molecule has 0 fully saturated rings. The maximum absolute atomic E-state index is 11.8. The molecule has 8 nitrogen and oxygen atoms in total. The number of pyridine rings is 1. The van der Waals surface area contributed by atoms with Crippen molar-refractivity contribution in [2.75, 3.05) is 5.32 Å². The van der Waals surface area contributed by atoms with Crippen LogP contribution >= 0.6 is 0 Å². The molecule has 0 saturated carbocycles. The van der Waals surface area contributed by atoms with E-state index in [1.807, 2.05) is 0 Å². The molecule has 1 heterocycles. The Morgan fingerprint density at radius 1 is 1.17 bits per heavy atom. The van der Waals surface area contributed by atoms with E-state index in [0.717, 1.165) is 5.56 Å². The molecule has 0 bridgehead atoms. The van der Waals surface area contributed by atoms with E-state index < -0.39 is 16.7 Å². The van der Waals surface area contributed by atoms with Crippen molar-refractivity contribution in [3.63, 3.8) is 0 Å². The van der Waals surface area contributed by atoms with E-state index in [-0.39, 0.29) is 12.2 Å². The summed E-state index contributed by atoms with van der Waals surface area (Å²) in [5.41, 5.74) is 1.57. The van der Waals surface area contributed by atoms with Crippen molar-refractivity contribution >= 4 is 23.2 Å². The van der Waals surface area contributed by atoms with Crippen LogP contribution in [-0.2, 0) is 16.1 Å². The highest BCUT2D eigenvalue weighted by molar-refractivity contribution is 6.39. The van der Waals surface area contributed by atoms with Gasteiger partial charge in [-0.05, 0) is 36.2 Å². The molecular formula is C15H14N4O4. The first-order valence-corrected chi connectivity index (χ1v) is 6.70. The molecule has 0 unspecified atom stereocenters. The Labute approximate surface area is 131 Å². The van der Waals surface area contributed by atoms with Gasteiger partial charge in [0.2, 0.25) is 0 Å². The van der Waals surface area contributed by atoms with Crippen LogP contribution in [0.3, 0.4) is 0 Å². The SMILES string of the molecule is Cc1cc([N+](=O)[O-])ccc1NC(=O)C(=O)NCc1ccncc1. The number of hydrogen-bond acceptors (Lipinski definition) is 5. The first kappa shape index (κ1) is 16.1. The van der Waals surface area contributed by atoms with Crippen LogP contribution in [0.1, 0.15) is 11.1 Å². The molecule has 0 aliphatic heterocycles. The van der Waals surface area contributed by atoms with Gasteiger partial charge in [-0.15, -0.1) is 0 Å². The fourth-order valence-electron chi connectivity index (χ4n) is 1.84. The quantitative estimate of drug-likeness (QED) is 0.505. The summed E-state index contributed by atoms with van der Waals surface area (Å²) in [7, 11) is 0. The lowest BCUT2D eigenvalue weighted by Crippen LogP contribution is -2.35. The van der Waals surface area contributed by atoms with Gasteiger partial charge in [-0.2, -0.15) is 0 Å². The molecule has 0 saturated heterocycles. The summed E-state index contributed by atoms with van der Waals surface area (Å²) in [5.74, 6) is -1.63. The molecule has 2 aromatic rings. The van der Waals surface area contributed by atoms with Crippen LogP contribution in [0, 0.1) is 17.0 Å². The number of nitro benzene ring substituents is 1. The van der Waals surface area contributed by atoms with Gasteiger partial charge in [0.05, 0.1) is 4.92 Å². The molecule has 0 atom stereocenters. The van der Waals surface area contributed by atoms with E-state index in [4.69, 9.17) is 0 Å². The highest BCUT2D eigenvalue weighted by Gasteiger charge is 2.15. The summed E-state index contributed by atoms with van der Waals surface area (Å²) in [4.78, 5) is 37.6. The number of amides is 2. The van der Waals surface area contributed by atoms with Crippen molar-refractivity contribution in [2.24, 2.45) is 0 Å². The Bertz CT molecular complexity index is 746. The van der Waals surface area contributed by atoms with Crippen molar-refractivity contribution in [1.82, 2.24) is 10.3 Å². The Kier molecular flexibility index (Phi) is 4.98. The minimum absolute atomic E-state index is 0.0809. The normalized spacial score (nSPS) is 9.96. The predicted molar refractivity (Wildman–Crippen MR) is 82.5 cm³/mol. The molecule has 0 spiro atoms. The molecule has 118 valence electrons. The van der Waals surface area contributed by atoms with E-state index >= 15 is 0 Å². The average Bonchev–Trinajstić information content (AvgIpc) is 2.55. The molecule has 0 aliphatic rings. The minimum atomic E-state index is -0.837. The maximum Gasteiger partial charge on any atom is 0.313 e. The summed E-state index contributed by atoms with van der Waals surface area (Å²) in [6.45, 7) is 1.81. The second-order valence-electron chi connectivity index (χ2n) is 4.75. The van der Waals surface area contributed by atoms with Gasteiger partial charge in [-0.1, -0.05) is 0 Å². The number of carbonyl (C=O) groups is 2. The lowest BCUT2D eigenvalue weighted by Gasteiger charge is -2.08. The van der Waals surface area contributed by atoms with Crippen LogP contribution < -0.4 is 10.6 Å². The summed E-state index contributed by atoms with van der Waals surface area (Å²) in [6, 6.07) is 7.42. The molecule has 2 amide bonds. The summed E-state index contributed by atoms with van der Waals surface area (Å²) < 4.78 is 0. The molecule has 23 heavy (non-hydrogen) atoms. The highest BCUT2D eigenvalue weighted by atomic mass is 16.6. The number of carbonyl (C=O) groups excluding carboxylic acids is 2. The standard InChI is InChI=1S/C15H14N4O4/c1-10-8-12(19(22)23)2-3-13(10)18-15(21)14(20)17-9-11-4-6-16-7-5-11/h2-8H,9H2,1H3,(H,17,20)(H,18,21). The molecule has 0 radical (unpaired) electrons. The number of aromatic nitrogens is 1. The van der Waals surface area contributed by atoms with E-state index in [2.05, 4.69) is 15.6 Å². The molecule has 1 aromatic heterocycles. The van der Waals surface area contributed by atoms with Crippen LogP contribution in [0.5, 0.6) is 0 Å². The van der Waals surface area contributed by atoms with Crippen molar-refractivity contribution in [3.8, 4) is 0 Å². The van der Waals surface area contributed by atoms with Gasteiger partial charge < -0.3 is 10.6 Å². The zero-order chi connectivity index (χ0) is 16.8. The third-order valence-corrected chi connectivity index (χ3v) is 3.08. The van der Waals surface area contributed by atoms with Gasteiger partial charge in [-0.25, -0.2) is 0 Å². The van der Waals surface area contributed by atoms with Gasteiger partial charge in [-0.3, -0.25) is 24.7 Å². The van der Waals surface area contributed by atoms with Crippen LogP contribution in [0.2, 0.25) is 0 Å². The van der Waals surface area contributed by atoms with E-state index in [1.54, 1.807) is 31.5 Å².